The third-order valence-electron chi connectivity index (χ3n) is 26.6. The van der Waals surface area contributed by atoms with Gasteiger partial charge in [0.1, 0.15) is 5.75 Å². The van der Waals surface area contributed by atoms with Crippen molar-refractivity contribution in [3.63, 3.8) is 0 Å². The number of fused-ring (bicyclic) bond motifs is 4. The summed E-state index contributed by atoms with van der Waals surface area (Å²) in [6.07, 6.45) is 19.0. The molecule has 12 rings (SSSR count). The highest BCUT2D eigenvalue weighted by Gasteiger charge is 2.60. The van der Waals surface area contributed by atoms with Crippen molar-refractivity contribution in [2.24, 2.45) is 40.9 Å². The third kappa shape index (κ3) is 17.1. The molecule has 6 aromatic rings. The van der Waals surface area contributed by atoms with E-state index in [0.29, 0.717) is 52.1 Å². The molecule has 10 atom stereocenters. The van der Waals surface area contributed by atoms with E-state index in [4.69, 9.17) is 9.47 Å². The van der Waals surface area contributed by atoms with Gasteiger partial charge in [0.05, 0.1) is 36.1 Å². The smallest absolute Gasteiger partial charge is 0.123 e. The van der Waals surface area contributed by atoms with Crippen LogP contribution in [0.5, 0.6) is 5.75 Å². The summed E-state index contributed by atoms with van der Waals surface area (Å²) in [5.74, 6) is 5.69. The molecule has 0 bridgehead atoms. The Kier molecular flexibility index (Phi) is 23.7. The van der Waals surface area contributed by atoms with Crippen LogP contribution >= 0.6 is 0 Å². The highest BCUT2D eigenvalue weighted by Crippen LogP contribution is 2.67. The van der Waals surface area contributed by atoms with Crippen LogP contribution in [-0.2, 0) is 42.6 Å². The summed E-state index contributed by atoms with van der Waals surface area (Å²) in [7, 11) is -0.307. The fraction of sp³-hybridized carbons (Fsp3) is 0.543. The van der Waals surface area contributed by atoms with Gasteiger partial charge in [-0.3, -0.25) is 0 Å². The van der Waals surface area contributed by atoms with Gasteiger partial charge in [-0.05, 0) is 229 Å². The van der Waals surface area contributed by atoms with Crippen LogP contribution in [0, 0.1) is 40.9 Å². The van der Waals surface area contributed by atoms with E-state index in [-0.39, 0.29) is 43.3 Å². The van der Waals surface area contributed by atoms with Crippen LogP contribution in [0.25, 0.3) is 45.6 Å². The lowest BCUT2D eigenvalue weighted by Gasteiger charge is -2.47. The van der Waals surface area contributed by atoms with Gasteiger partial charge in [-0.25, -0.2) is 0 Å². The van der Waals surface area contributed by atoms with E-state index in [1.54, 1.807) is 11.1 Å². The van der Waals surface area contributed by atoms with Crippen LogP contribution in [0.15, 0.2) is 156 Å². The minimum atomic E-state index is -2.18. The topological polar surface area (TPSA) is 18.5 Å². The lowest BCUT2D eigenvalue weighted by Crippen LogP contribution is -2.46. The molecule has 2 nitrogen and oxygen atoms in total. The fourth-order valence-corrected chi connectivity index (χ4v) is 32.0. The van der Waals surface area contributed by atoms with Crippen molar-refractivity contribution in [1.29, 1.82) is 0 Å². The molecule has 4 heteroatoms. The molecule has 2 saturated carbocycles. The van der Waals surface area contributed by atoms with E-state index in [0.717, 1.165) is 11.3 Å². The van der Waals surface area contributed by atoms with E-state index in [1.165, 1.54) is 136 Å². The molecule has 2 fully saturated rings. The van der Waals surface area contributed by atoms with Crippen LogP contribution in [0.4, 0.5) is 0 Å². The van der Waals surface area contributed by atoms with Crippen molar-refractivity contribution in [2.75, 3.05) is 14.2 Å². The van der Waals surface area contributed by atoms with Gasteiger partial charge in [-0.15, -0.1) is 0 Å². The average molecular weight is 1500 g/mol. The first kappa shape index (κ1) is 85.2. The largest absolute Gasteiger partial charge is 0.501 e. The Morgan fingerprint density at radius 2 is 0.817 bits per heavy atom. The number of methoxy groups -OCH3 is 2. The van der Waals surface area contributed by atoms with E-state index in [1.807, 2.05) is 14.2 Å². The molecule has 6 aliphatic carbocycles. The Hall–Kier alpha value is -6.21. The first-order valence-electron chi connectivity index (χ1n) is 42.3. The molecule has 0 aromatic heterocycles. The predicted octanol–water partition coefficient (Wildman–Crippen LogP) is 30.7. The maximum Gasteiger partial charge on any atom is 0.123 e. The summed E-state index contributed by atoms with van der Waals surface area (Å²) >= 11 is 0. The second-order valence-electron chi connectivity index (χ2n) is 44.3. The number of rotatable bonds is 10. The summed E-state index contributed by atoms with van der Waals surface area (Å²) in [6.45, 7) is 81.5. The lowest BCUT2D eigenvalue weighted by molar-refractivity contribution is 0.225. The Morgan fingerprint density at radius 1 is 0.385 bits per heavy atom. The zero-order chi connectivity index (χ0) is 81.1. The van der Waals surface area contributed by atoms with Gasteiger partial charge in [-0.2, -0.15) is 0 Å². The van der Waals surface area contributed by atoms with Gasteiger partial charge in [0.2, 0.25) is 0 Å². The second-order valence-corrected chi connectivity index (χ2v) is 54.1. The fourth-order valence-electron chi connectivity index (χ4n) is 20.8. The third-order valence-corrected chi connectivity index (χ3v) is 36.4. The van der Waals surface area contributed by atoms with Crippen LogP contribution in [0.3, 0.4) is 0 Å². The summed E-state index contributed by atoms with van der Waals surface area (Å²) in [5, 5.41) is 0. The molecule has 0 amide bonds. The van der Waals surface area contributed by atoms with Crippen molar-refractivity contribution in [3.05, 3.63) is 228 Å². The van der Waals surface area contributed by atoms with Crippen molar-refractivity contribution in [1.82, 2.24) is 0 Å². The number of ether oxygens (including phenoxy) is 2. The van der Waals surface area contributed by atoms with Gasteiger partial charge in [0.25, 0.3) is 0 Å². The molecule has 0 heterocycles. The van der Waals surface area contributed by atoms with Crippen LogP contribution < -0.4 is 4.74 Å². The van der Waals surface area contributed by atoms with E-state index in [2.05, 4.69) is 380 Å². The summed E-state index contributed by atoms with van der Waals surface area (Å²) < 4.78 is 12.7. The molecule has 0 radical (unpaired) electrons. The molecular weight excluding hydrogens is 1350 g/mol. The molecule has 588 valence electrons. The number of benzene rings is 6. The maximum atomic E-state index is 6.40. The van der Waals surface area contributed by atoms with Gasteiger partial charge < -0.3 is 9.47 Å². The monoisotopic (exact) mass is 1500 g/mol. The molecule has 10 unspecified atom stereocenters. The molecule has 6 aromatic carbocycles. The Bertz CT molecular complexity index is 4480. The lowest BCUT2D eigenvalue weighted by atomic mass is 9.73. The molecule has 6 aliphatic rings. The highest BCUT2D eigenvalue weighted by atomic mass is 28.3. The predicted molar refractivity (Wildman–Crippen MR) is 485 cm³/mol. The summed E-state index contributed by atoms with van der Waals surface area (Å²) in [6, 6.07) is 43.5. The van der Waals surface area contributed by atoms with Crippen molar-refractivity contribution in [3.8, 4) is 28.0 Å². The normalized spacial score (nSPS) is 23.2. The quantitative estimate of drug-likeness (QED) is 0.127. The van der Waals surface area contributed by atoms with Crippen LogP contribution in [0.1, 0.15) is 310 Å². The molecular formula is C105H148O2Si2. The van der Waals surface area contributed by atoms with Crippen LogP contribution in [-0.4, -0.2) is 30.4 Å². The maximum absolute atomic E-state index is 6.40. The summed E-state index contributed by atoms with van der Waals surface area (Å²) in [4.78, 5) is 0. The first-order chi connectivity index (χ1) is 50.1. The van der Waals surface area contributed by atoms with Crippen molar-refractivity contribution < 1.29 is 9.47 Å². The van der Waals surface area contributed by atoms with E-state index in [9.17, 15) is 0 Å². The van der Waals surface area contributed by atoms with Crippen LogP contribution in [0.2, 0.25) is 37.3 Å². The Balaban J connectivity index is 0.000000224. The summed E-state index contributed by atoms with van der Waals surface area (Å²) in [5.41, 5.74) is 34.1. The van der Waals surface area contributed by atoms with Gasteiger partial charge in [0.15, 0.2) is 0 Å². The molecule has 109 heavy (non-hydrogen) atoms. The molecule has 0 aliphatic heterocycles. The second kappa shape index (κ2) is 30.3. The standard InChI is InChI=1S/C51H74OSi.C51H66OSi.C3H8/c2*1-31-24-41-40(33-18-20-35(21-19-33)48(3,4)5)29-38(51(12,13)14)30-43(41)46(31)53(16,17)47-32(2)25-42-39(22-23-44(52-15)45(42)47)34-26-36(49(6,7)8)28-37(27-34)50(9,10)11;1-3-2/h18-23,26-32,41-43,45-47H,24-25H2,1-17H3;18-30,46-47H,1-17H3;3H2,1-2H3. The zero-order valence-electron chi connectivity index (χ0n) is 75.6. The number of hydrogen-bond acceptors (Lipinski definition) is 2. The van der Waals surface area contributed by atoms with Crippen molar-refractivity contribution >= 4 is 39.4 Å². The van der Waals surface area contributed by atoms with E-state index >= 15 is 0 Å². The SMILES string of the molecule is CCC.COC1=CC=C(c2cc(C(C)(C)C)cc(C(C)(C)C)c2)C2CC(C)C([Si](C)(C)C3C(C)CC4C(c5ccc(C(C)(C)C)cc5)=CC(C(C)(C)C)=CC43)C12.COc1ccc(-c2cc(C(C)(C)C)cc(C(C)(C)C)c2)c2c1C([Si](C)(C)C1C(C)=Cc3c(-c4ccc(C(C)(C)C)cc4)cc(C(C)(C)C)cc31)C(C)=C2. The Labute approximate surface area is 669 Å². The average Bonchev–Trinajstić information content (AvgIpc) is 1.57. The minimum Gasteiger partial charge on any atom is -0.501 e. The van der Waals surface area contributed by atoms with Gasteiger partial charge in [0, 0.05) is 22.6 Å². The zero-order valence-corrected chi connectivity index (χ0v) is 77.6. The molecule has 0 N–H and O–H groups in total. The Morgan fingerprint density at radius 3 is 1.28 bits per heavy atom. The first-order valence-corrected chi connectivity index (χ1v) is 48.6. The number of hydrogen-bond donors (Lipinski definition) is 0. The number of allylic oxidation sites excluding steroid dienone is 10. The minimum absolute atomic E-state index is 0.0310. The van der Waals surface area contributed by atoms with E-state index < -0.39 is 16.1 Å². The van der Waals surface area contributed by atoms with Gasteiger partial charge in [-0.1, -0.05) is 371 Å². The van der Waals surface area contributed by atoms with Crippen molar-refractivity contribution in [2.45, 2.75) is 313 Å². The molecule has 0 saturated heterocycles. The molecule has 0 spiro atoms. The highest BCUT2D eigenvalue weighted by molar-refractivity contribution is 6.82. The van der Waals surface area contributed by atoms with Gasteiger partial charge >= 0.3 is 0 Å².